The maximum absolute atomic E-state index is 12.6. The molecule has 4 heteroatoms. The first-order valence-corrected chi connectivity index (χ1v) is 9.41. The molecule has 1 aliphatic carbocycles. The van der Waals surface area contributed by atoms with Gasteiger partial charge in [0.15, 0.2) is 0 Å². The third kappa shape index (κ3) is 3.21. The zero-order valence-corrected chi connectivity index (χ0v) is 15.2. The van der Waals surface area contributed by atoms with Crippen LogP contribution in [0, 0.1) is 0 Å². The smallest absolute Gasteiger partial charge is 0.251 e. The van der Waals surface area contributed by atoms with E-state index in [9.17, 15) is 9.90 Å². The summed E-state index contributed by atoms with van der Waals surface area (Å²) in [5, 5.41) is 13.2. The van der Waals surface area contributed by atoms with E-state index < -0.39 is 0 Å². The molecule has 2 aliphatic rings. The predicted molar refractivity (Wildman–Crippen MR) is 102 cm³/mol. The second kappa shape index (κ2) is 6.76. The maximum Gasteiger partial charge on any atom is 0.251 e. The van der Waals surface area contributed by atoms with Crippen molar-refractivity contribution >= 4 is 5.91 Å². The van der Waals surface area contributed by atoms with Crippen molar-refractivity contribution in [1.82, 2.24) is 10.2 Å². The average Bonchev–Trinajstić information content (AvgIpc) is 2.66. The molecule has 26 heavy (non-hydrogen) atoms. The number of benzene rings is 2. The fourth-order valence-electron chi connectivity index (χ4n) is 4.80. The van der Waals surface area contributed by atoms with Gasteiger partial charge in [0.1, 0.15) is 5.75 Å². The Morgan fingerprint density at radius 1 is 1.15 bits per heavy atom. The maximum atomic E-state index is 12.6. The number of piperidine rings is 1. The van der Waals surface area contributed by atoms with E-state index >= 15 is 0 Å². The van der Waals surface area contributed by atoms with Crippen molar-refractivity contribution in [2.75, 3.05) is 13.6 Å². The van der Waals surface area contributed by atoms with Crippen molar-refractivity contribution in [1.29, 1.82) is 0 Å². The number of carbonyl (C=O) groups excluding carboxylic acids is 1. The zero-order valence-electron chi connectivity index (χ0n) is 15.2. The Hall–Kier alpha value is -2.33. The van der Waals surface area contributed by atoms with E-state index in [-0.39, 0.29) is 17.4 Å². The number of rotatable bonds is 3. The Labute approximate surface area is 154 Å². The minimum Gasteiger partial charge on any atom is -0.508 e. The monoisotopic (exact) mass is 350 g/mol. The molecule has 0 radical (unpaired) electrons. The summed E-state index contributed by atoms with van der Waals surface area (Å²) >= 11 is 0. The Morgan fingerprint density at radius 2 is 1.96 bits per heavy atom. The number of carbonyl (C=O) groups is 1. The highest BCUT2D eigenvalue weighted by Gasteiger charge is 2.46. The molecule has 1 saturated heterocycles. The van der Waals surface area contributed by atoms with E-state index in [1.54, 1.807) is 6.07 Å². The van der Waals surface area contributed by atoms with Crippen molar-refractivity contribution in [3.05, 3.63) is 65.7 Å². The fourth-order valence-corrected chi connectivity index (χ4v) is 4.80. The molecule has 2 aromatic carbocycles. The van der Waals surface area contributed by atoms with E-state index in [2.05, 4.69) is 23.3 Å². The van der Waals surface area contributed by atoms with Crippen LogP contribution in [0.3, 0.4) is 0 Å². The standard InChI is InChI=1S/C22H26N2O2/c1-24-11-10-22(17-8-5-9-20(25)12-17)14-18(13-19(24)15-22)23-21(26)16-6-3-2-4-7-16/h2-9,12,18-19,25H,10-11,13-15H2,1H3,(H,23,26)/t18-,19+,22+/m1/s1. The number of phenolic OH excluding ortho intramolecular Hbond substituents is 1. The van der Waals surface area contributed by atoms with E-state index in [4.69, 9.17) is 0 Å². The van der Waals surface area contributed by atoms with Crippen molar-refractivity contribution in [3.63, 3.8) is 0 Å². The molecule has 2 bridgehead atoms. The van der Waals surface area contributed by atoms with E-state index in [0.717, 1.165) is 32.2 Å². The molecule has 2 aromatic rings. The summed E-state index contributed by atoms with van der Waals surface area (Å²) in [6.07, 6.45) is 4.06. The number of aromatic hydroxyl groups is 1. The quantitative estimate of drug-likeness (QED) is 0.893. The van der Waals surface area contributed by atoms with Gasteiger partial charge in [-0.3, -0.25) is 4.79 Å². The van der Waals surface area contributed by atoms with Crippen LogP contribution in [0.15, 0.2) is 54.6 Å². The third-order valence-corrected chi connectivity index (χ3v) is 6.22. The third-order valence-electron chi connectivity index (χ3n) is 6.22. The molecule has 4 rings (SSSR count). The lowest BCUT2D eigenvalue weighted by Crippen LogP contribution is -2.57. The minimum atomic E-state index is 0.00397. The Balaban J connectivity index is 1.59. The molecule has 1 amide bonds. The first-order valence-electron chi connectivity index (χ1n) is 9.41. The van der Waals surface area contributed by atoms with Gasteiger partial charge in [-0.2, -0.15) is 0 Å². The molecule has 0 spiro atoms. The lowest BCUT2D eigenvalue weighted by Gasteiger charge is -2.52. The van der Waals surface area contributed by atoms with Gasteiger partial charge in [-0.05, 0) is 69.1 Å². The van der Waals surface area contributed by atoms with Crippen molar-refractivity contribution in [3.8, 4) is 5.75 Å². The SMILES string of the molecule is CN1CC[C@]2(c3cccc(O)c3)C[C@H](NC(=O)c3ccccc3)C[C@H]1C2. The summed E-state index contributed by atoms with van der Waals surface area (Å²) < 4.78 is 0. The minimum absolute atomic E-state index is 0.00397. The van der Waals surface area contributed by atoms with Gasteiger partial charge in [-0.1, -0.05) is 30.3 Å². The summed E-state index contributed by atoms with van der Waals surface area (Å²) in [5.74, 6) is 0.326. The van der Waals surface area contributed by atoms with Gasteiger partial charge in [0.2, 0.25) is 0 Å². The predicted octanol–water partition coefficient (Wildman–Crippen LogP) is 3.32. The van der Waals surface area contributed by atoms with Crippen LogP contribution in [0.5, 0.6) is 5.75 Å². The Morgan fingerprint density at radius 3 is 2.73 bits per heavy atom. The molecule has 136 valence electrons. The van der Waals surface area contributed by atoms with Crippen LogP contribution < -0.4 is 5.32 Å². The summed E-state index contributed by atoms with van der Waals surface area (Å²) in [5.41, 5.74) is 1.94. The molecular weight excluding hydrogens is 324 g/mol. The summed E-state index contributed by atoms with van der Waals surface area (Å²) in [6.45, 7) is 1.06. The lowest BCUT2D eigenvalue weighted by molar-refractivity contribution is 0.0506. The topological polar surface area (TPSA) is 52.6 Å². The van der Waals surface area contributed by atoms with Crippen molar-refractivity contribution < 1.29 is 9.90 Å². The highest BCUT2D eigenvalue weighted by molar-refractivity contribution is 5.94. The number of amides is 1. The number of likely N-dealkylation sites (tertiary alicyclic amines) is 1. The Bertz CT molecular complexity index is 792. The molecule has 1 heterocycles. The number of nitrogens with zero attached hydrogens (tertiary/aromatic N) is 1. The molecule has 0 aromatic heterocycles. The molecule has 2 fully saturated rings. The van der Waals surface area contributed by atoms with Gasteiger partial charge in [-0.25, -0.2) is 0 Å². The van der Waals surface area contributed by atoms with Crippen LogP contribution in [0.1, 0.15) is 41.6 Å². The summed E-state index contributed by atoms with van der Waals surface area (Å²) in [6, 6.07) is 17.7. The van der Waals surface area contributed by atoms with Crippen LogP contribution in [0.4, 0.5) is 0 Å². The van der Waals surface area contributed by atoms with Gasteiger partial charge in [-0.15, -0.1) is 0 Å². The van der Waals surface area contributed by atoms with Gasteiger partial charge in [0.25, 0.3) is 5.91 Å². The molecule has 4 nitrogen and oxygen atoms in total. The van der Waals surface area contributed by atoms with Gasteiger partial charge >= 0.3 is 0 Å². The molecule has 1 saturated carbocycles. The van der Waals surface area contributed by atoms with Crippen LogP contribution in [0.2, 0.25) is 0 Å². The second-order valence-corrected chi connectivity index (χ2v) is 7.90. The summed E-state index contributed by atoms with van der Waals surface area (Å²) in [4.78, 5) is 15.1. The van der Waals surface area contributed by atoms with Gasteiger partial charge in [0, 0.05) is 23.1 Å². The van der Waals surface area contributed by atoms with Crippen LogP contribution in [0.25, 0.3) is 0 Å². The van der Waals surface area contributed by atoms with Crippen molar-refractivity contribution in [2.45, 2.75) is 43.2 Å². The number of fused-ring (bicyclic) bond motifs is 2. The largest absolute Gasteiger partial charge is 0.508 e. The van der Waals surface area contributed by atoms with Crippen molar-refractivity contribution in [2.24, 2.45) is 0 Å². The molecule has 2 N–H and O–H groups in total. The van der Waals surface area contributed by atoms with Crippen LogP contribution in [-0.4, -0.2) is 41.6 Å². The van der Waals surface area contributed by atoms with E-state index in [1.807, 2.05) is 42.5 Å². The number of phenols is 1. The van der Waals surface area contributed by atoms with Gasteiger partial charge in [0.05, 0.1) is 0 Å². The average molecular weight is 350 g/mol. The van der Waals surface area contributed by atoms with Crippen LogP contribution >= 0.6 is 0 Å². The number of hydrogen-bond acceptors (Lipinski definition) is 3. The van der Waals surface area contributed by atoms with E-state index in [1.165, 1.54) is 5.56 Å². The van der Waals surface area contributed by atoms with E-state index in [0.29, 0.717) is 17.4 Å². The number of nitrogens with one attached hydrogen (secondary N) is 1. The number of hydrogen-bond donors (Lipinski definition) is 2. The van der Waals surface area contributed by atoms with Crippen LogP contribution in [-0.2, 0) is 5.41 Å². The first-order chi connectivity index (χ1) is 12.6. The molecular formula is C22H26N2O2. The lowest BCUT2D eigenvalue weighted by atomic mass is 9.62. The highest BCUT2D eigenvalue weighted by atomic mass is 16.3. The molecule has 1 aliphatic heterocycles. The molecule has 0 unspecified atom stereocenters. The second-order valence-electron chi connectivity index (χ2n) is 7.90. The first kappa shape index (κ1) is 17.1. The highest BCUT2D eigenvalue weighted by Crippen LogP contribution is 2.47. The fraction of sp³-hybridized carbons (Fsp3) is 0.409. The molecule has 3 atom stereocenters. The normalized spacial score (nSPS) is 28.5. The Kier molecular flexibility index (Phi) is 4.45. The summed E-state index contributed by atoms with van der Waals surface area (Å²) in [7, 11) is 2.18. The van der Waals surface area contributed by atoms with Gasteiger partial charge < -0.3 is 15.3 Å². The zero-order chi connectivity index (χ0) is 18.1.